The number of hydrogen-bond acceptors (Lipinski definition) is 6. The molecule has 0 aliphatic heterocycles. The second kappa shape index (κ2) is 19.3. The average molecular weight is 546 g/mol. The number of amides is 1. The van der Waals surface area contributed by atoms with Crippen molar-refractivity contribution >= 4 is 5.91 Å². The number of para-hydroxylation sites is 2. The summed E-state index contributed by atoms with van der Waals surface area (Å²) in [6.07, 6.45) is 7.28. The summed E-state index contributed by atoms with van der Waals surface area (Å²) in [5.41, 5.74) is 16.8. The molecule has 2 aromatic carbocycles. The number of primary amides is 1. The number of methoxy groups -OCH3 is 1. The molecule has 0 atom stereocenters. The van der Waals surface area contributed by atoms with Crippen LogP contribution in [0.4, 0.5) is 0 Å². The van der Waals surface area contributed by atoms with Crippen molar-refractivity contribution in [3.63, 3.8) is 0 Å². The second-order valence-corrected chi connectivity index (χ2v) is 11.0. The summed E-state index contributed by atoms with van der Waals surface area (Å²) in [5, 5.41) is 0. The van der Waals surface area contributed by atoms with Crippen molar-refractivity contribution in [3.05, 3.63) is 54.1 Å². The molecule has 2 aromatic rings. The van der Waals surface area contributed by atoms with Gasteiger partial charge in [-0.15, -0.1) is 0 Å². The van der Waals surface area contributed by atoms with Crippen molar-refractivity contribution in [2.24, 2.45) is 28.5 Å². The SMILES string of the molecule is CC1(C)CCC(C(C)(C)N)CC1.CCCOc1cccc(C(N)=O)c1.CCCOc1ccccc1OC.CN. The van der Waals surface area contributed by atoms with Gasteiger partial charge < -0.3 is 31.4 Å². The van der Waals surface area contributed by atoms with Crippen LogP contribution in [0.3, 0.4) is 0 Å². The monoisotopic (exact) mass is 545 g/mol. The van der Waals surface area contributed by atoms with Gasteiger partial charge in [-0.1, -0.05) is 45.9 Å². The van der Waals surface area contributed by atoms with E-state index in [2.05, 4.69) is 40.4 Å². The molecule has 1 fully saturated rings. The first kappa shape index (κ1) is 36.2. The number of nitrogens with two attached hydrogens (primary N) is 3. The largest absolute Gasteiger partial charge is 0.494 e. The topological polar surface area (TPSA) is 123 Å². The van der Waals surface area contributed by atoms with Crippen molar-refractivity contribution in [1.82, 2.24) is 0 Å². The molecule has 0 unspecified atom stereocenters. The van der Waals surface area contributed by atoms with Gasteiger partial charge >= 0.3 is 0 Å². The Labute approximate surface area is 237 Å². The molecular weight excluding hydrogens is 490 g/mol. The molecule has 222 valence electrons. The normalized spacial score (nSPS) is 14.2. The minimum Gasteiger partial charge on any atom is -0.494 e. The van der Waals surface area contributed by atoms with Crippen LogP contribution < -0.4 is 31.4 Å². The zero-order chi connectivity index (χ0) is 29.9. The summed E-state index contributed by atoms with van der Waals surface area (Å²) in [6.45, 7) is 14.6. The molecule has 0 heterocycles. The number of ether oxygens (including phenoxy) is 3. The Hall–Kier alpha value is -2.77. The molecule has 0 radical (unpaired) electrons. The molecule has 0 spiro atoms. The van der Waals surface area contributed by atoms with E-state index in [1.165, 1.54) is 32.7 Å². The number of rotatable bonds is 9. The predicted molar refractivity (Wildman–Crippen MR) is 164 cm³/mol. The number of carbonyl (C=O) groups excluding carboxylic acids is 1. The molecule has 1 amide bonds. The minimum absolute atomic E-state index is 0.0382. The highest BCUT2D eigenvalue weighted by molar-refractivity contribution is 5.93. The van der Waals surface area contributed by atoms with Gasteiger partial charge in [-0.25, -0.2) is 0 Å². The molecule has 7 nitrogen and oxygen atoms in total. The van der Waals surface area contributed by atoms with Crippen LogP contribution in [-0.2, 0) is 0 Å². The van der Waals surface area contributed by atoms with Gasteiger partial charge in [0.25, 0.3) is 0 Å². The highest BCUT2D eigenvalue weighted by Crippen LogP contribution is 2.41. The second-order valence-electron chi connectivity index (χ2n) is 11.0. The maximum absolute atomic E-state index is 10.8. The van der Waals surface area contributed by atoms with E-state index in [4.69, 9.17) is 25.7 Å². The Kier molecular flexibility index (Phi) is 17.9. The first-order valence-corrected chi connectivity index (χ1v) is 14.1. The molecule has 0 aromatic heterocycles. The van der Waals surface area contributed by atoms with E-state index < -0.39 is 5.91 Å². The fourth-order valence-corrected chi connectivity index (χ4v) is 4.05. The quantitative estimate of drug-likeness (QED) is 0.327. The molecule has 6 N–H and O–H groups in total. The lowest BCUT2D eigenvalue weighted by Gasteiger charge is -2.40. The lowest BCUT2D eigenvalue weighted by molar-refractivity contribution is 0.0999. The van der Waals surface area contributed by atoms with Crippen LogP contribution in [-0.4, -0.2) is 38.8 Å². The van der Waals surface area contributed by atoms with Gasteiger partial charge in [-0.05, 0) is 101 Å². The van der Waals surface area contributed by atoms with Crippen molar-refractivity contribution in [3.8, 4) is 17.2 Å². The first-order valence-electron chi connectivity index (χ1n) is 14.1. The third-order valence-electron chi connectivity index (χ3n) is 6.51. The van der Waals surface area contributed by atoms with E-state index in [0.717, 1.165) is 36.9 Å². The molecule has 0 saturated heterocycles. The lowest BCUT2D eigenvalue weighted by atomic mass is 9.68. The summed E-state index contributed by atoms with van der Waals surface area (Å²) < 4.78 is 15.9. The Morgan fingerprint density at radius 2 is 1.46 bits per heavy atom. The van der Waals surface area contributed by atoms with Crippen LogP contribution in [0.2, 0.25) is 0 Å². The van der Waals surface area contributed by atoms with Crippen LogP contribution >= 0.6 is 0 Å². The Morgan fingerprint density at radius 1 is 0.923 bits per heavy atom. The maximum Gasteiger partial charge on any atom is 0.248 e. The fourth-order valence-electron chi connectivity index (χ4n) is 4.05. The van der Waals surface area contributed by atoms with Gasteiger partial charge in [0.15, 0.2) is 11.5 Å². The molecular formula is C32H55N3O4. The van der Waals surface area contributed by atoms with Crippen LogP contribution in [0, 0.1) is 11.3 Å². The average Bonchev–Trinajstić information content (AvgIpc) is 2.92. The summed E-state index contributed by atoms with van der Waals surface area (Å²) in [4.78, 5) is 10.8. The zero-order valence-electron chi connectivity index (χ0n) is 25.7. The maximum atomic E-state index is 10.8. The van der Waals surface area contributed by atoms with Crippen LogP contribution in [0.1, 0.15) is 90.4 Å². The number of hydrogen-bond donors (Lipinski definition) is 3. The third-order valence-corrected chi connectivity index (χ3v) is 6.51. The van der Waals surface area contributed by atoms with Crippen LogP contribution in [0.5, 0.6) is 17.2 Å². The Bertz CT molecular complexity index is 916. The fraction of sp³-hybridized carbons (Fsp3) is 0.594. The van der Waals surface area contributed by atoms with Gasteiger partial charge in [0.05, 0.1) is 20.3 Å². The van der Waals surface area contributed by atoms with E-state index in [9.17, 15) is 4.79 Å². The summed E-state index contributed by atoms with van der Waals surface area (Å²) in [7, 11) is 3.15. The van der Waals surface area contributed by atoms with Crippen molar-refractivity contribution in [2.75, 3.05) is 27.4 Å². The standard InChI is InChI=1S/C11H23N.C10H13NO2.C10H14O2.CH5N/c1-10(2)7-5-9(6-8-10)11(3,4)12;1-2-6-13-9-5-3-4-8(7-9)10(11)12;1-3-8-12-10-7-5-4-6-9(10)11-2;1-2/h9H,5-8,12H2,1-4H3;3-5,7H,2,6H2,1H3,(H2,11,12);4-7H,3,8H2,1-2H3;2H2,1H3. The number of benzene rings is 2. The molecule has 39 heavy (non-hydrogen) atoms. The van der Waals surface area contributed by atoms with Gasteiger partial charge in [-0.2, -0.15) is 0 Å². The van der Waals surface area contributed by atoms with Gasteiger partial charge in [-0.3, -0.25) is 4.79 Å². The third kappa shape index (κ3) is 15.4. The van der Waals surface area contributed by atoms with Crippen LogP contribution in [0.25, 0.3) is 0 Å². The van der Waals surface area contributed by atoms with Crippen LogP contribution in [0.15, 0.2) is 48.5 Å². The van der Waals surface area contributed by atoms with E-state index in [0.29, 0.717) is 23.3 Å². The summed E-state index contributed by atoms with van der Waals surface area (Å²) in [5.74, 6) is 2.62. The Morgan fingerprint density at radius 3 is 1.95 bits per heavy atom. The number of carbonyl (C=O) groups is 1. The molecule has 1 saturated carbocycles. The van der Waals surface area contributed by atoms with Gasteiger partial charge in [0.1, 0.15) is 5.75 Å². The van der Waals surface area contributed by atoms with E-state index in [1.54, 1.807) is 25.3 Å². The molecule has 1 aliphatic carbocycles. The van der Waals surface area contributed by atoms with Gasteiger partial charge in [0.2, 0.25) is 5.91 Å². The summed E-state index contributed by atoms with van der Waals surface area (Å²) in [6, 6.07) is 14.6. The predicted octanol–water partition coefficient (Wildman–Crippen LogP) is 6.57. The molecule has 1 aliphatic rings. The molecule has 0 bridgehead atoms. The highest BCUT2D eigenvalue weighted by atomic mass is 16.5. The molecule has 7 heteroatoms. The van der Waals surface area contributed by atoms with E-state index in [1.807, 2.05) is 37.3 Å². The van der Waals surface area contributed by atoms with E-state index >= 15 is 0 Å². The lowest BCUT2D eigenvalue weighted by Crippen LogP contribution is -2.43. The van der Waals surface area contributed by atoms with E-state index in [-0.39, 0.29) is 5.54 Å². The summed E-state index contributed by atoms with van der Waals surface area (Å²) >= 11 is 0. The first-order chi connectivity index (χ1) is 18.4. The van der Waals surface area contributed by atoms with Crippen molar-refractivity contribution < 1.29 is 19.0 Å². The molecule has 3 rings (SSSR count). The smallest absolute Gasteiger partial charge is 0.248 e. The Balaban J connectivity index is 0.000000538. The van der Waals surface area contributed by atoms with Crippen molar-refractivity contribution in [2.45, 2.75) is 85.6 Å². The van der Waals surface area contributed by atoms with Gasteiger partial charge in [0, 0.05) is 11.1 Å². The highest BCUT2D eigenvalue weighted by Gasteiger charge is 2.33. The zero-order valence-corrected chi connectivity index (χ0v) is 25.7. The minimum atomic E-state index is -0.429. The van der Waals surface area contributed by atoms with Crippen molar-refractivity contribution in [1.29, 1.82) is 0 Å².